The number of nitrogens with zero attached hydrogens (tertiary/aromatic N) is 2. The molecule has 0 bridgehead atoms. The van der Waals surface area contributed by atoms with Crippen molar-refractivity contribution in [3.05, 3.63) is 45.8 Å². The molecule has 3 aromatic rings. The third-order valence-corrected chi connectivity index (χ3v) is 5.69. The van der Waals surface area contributed by atoms with Crippen molar-refractivity contribution in [2.75, 3.05) is 7.11 Å². The molecule has 0 saturated heterocycles. The lowest BCUT2D eigenvalue weighted by molar-refractivity contribution is 0.407. The molecule has 0 saturated carbocycles. The minimum absolute atomic E-state index is 0.765. The predicted octanol–water partition coefficient (Wildman–Crippen LogP) is 5.05. The topological polar surface area (TPSA) is 50.8 Å². The number of aromatic amines is 1. The smallest absolute Gasteiger partial charge is 0.166 e. The van der Waals surface area contributed by atoms with Gasteiger partial charge in [-0.1, -0.05) is 18.7 Å². The van der Waals surface area contributed by atoms with Crippen molar-refractivity contribution in [3.63, 3.8) is 0 Å². The first-order valence-electron chi connectivity index (χ1n) is 8.56. The second-order valence-electron chi connectivity index (χ2n) is 6.42. The van der Waals surface area contributed by atoms with Gasteiger partial charge in [-0.3, -0.25) is 4.98 Å². The van der Waals surface area contributed by atoms with E-state index in [-0.39, 0.29) is 0 Å². The normalized spacial score (nSPS) is 11.3. The summed E-state index contributed by atoms with van der Waals surface area (Å²) in [6, 6.07) is 2.20. The van der Waals surface area contributed by atoms with Crippen LogP contribution >= 0.6 is 11.8 Å². The van der Waals surface area contributed by atoms with Gasteiger partial charge < -0.3 is 9.72 Å². The lowest BCUT2D eigenvalue weighted by Crippen LogP contribution is -1.98. The third kappa shape index (κ3) is 3.25. The molecule has 25 heavy (non-hydrogen) atoms. The predicted molar refractivity (Wildman–Crippen MR) is 105 cm³/mol. The number of ether oxygens (including phenoxy) is 1. The molecular formula is C20H25N3OS. The Balaban J connectivity index is 1.88. The Labute approximate surface area is 153 Å². The van der Waals surface area contributed by atoms with Crippen LogP contribution in [0.2, 0.25) is 0 Å². The molecule has 5 heteroatoms. The van der Waals surface area contributed by atoms with Crippen LogP contribution in [-0.2, 0) is 12.2 Å². The number of nitrogens with one attached hydrogen (secondary N) is 1. The third-order valence-electron chi connectivity index (χ3n) is 4.80. The summed E-state index contributed by atoms with van der Waals surface area (Å²) in [7, 11) is 1.71. The van der Waals surface area contributed by atoms with Crippen LogP contribution < -0.4 is 4.74 Å². The van der Waals surface area contributed by atoms with Gasteiger partial charge in [-0.2, -0.15) is 0 Å². The molecule has 1 N–H and O–H groups in total. The van der Waals surface area contributed by atoms with Crippen molar-refractivity contribution in [2.45, 2.75) is 51.9 Å². The number of hydrogen-bond donors (Lipinski definition) is 1. The highest BCUT2D eigenvalue weighted by Crippen LogP contribution is 2.30. The highest BCUT2D eigenvalue weighted by Gasteiger charge is 2.13. The highest BCUT2D eigenvalue weighted by molar-refractivity contribution is 7.98. The first-order valence-corrected chi connectivity index (χ1v) is 9.55. The molecular weight excluding hydrogens is 330 g/mol. The van der Waals surface area contributed by atoms with Crippen LogP contribution in [0.5, 0.6) is 5.75 Å². The van der Waals surface area contributed by atoms with Gasteiger partial charge in [-0.05, 0) is 56.9 Å². The molecule has 0 amide bonds. The van der Waals surface area contributed by atoms with Gasteiger partial charge in [0.15, 0.2) is 5.16 Å². The van der Waals surface area contributed by atoms with Crippen molar-refractivity contribution in [1.29, 1.82) is 0 Å². The summed E-state index contributed by atoms with van der Waals surface area (Å²) in [4.78, 5) is 12.8. The Morgan fingerprint density at radius 2 is 1.88 bits per heavy atom. The molecule has 3 rings (SSSR count). The quantitative estimate of drug-likeness (QED) is 0.650. The van der Waals surface area contributed by atoms with Crippen molar-refractivity contribution < 1.29 is 4.74 Å². The molecule has 0 radical (unpaired) electrons. The van der Waals surface area contributed by atoms with E-state index in [1.807, 2.05) is 13.1 Å². The Hall–Kier alpha value is -2.01. The summed E-state index contributed by atoms with van der Waals surface area (Å²) in [5, 5.41) is 0.937. The zero-order valence-corrected chi connectivity index (χ0v) is 16.6. The molecule has 0 unspecified atom stereocenters. The summed E-state index contributed by atoms with van der Waals surface area (Å²) >= 11 is 1.68. The maximum absolute atomic E-state index is 5.50. The van der Waals surface area contributed by atoms with Gasteiger partial charge in [0.05, 0.1) is 23.8 Å². The maximum atomic E-state index is 5.50. The van der Waals surface area contributed by atoms with Crippen LogP contribution in [0.15, 0.2) is 17.4 Å². The molecule has 0 aliphatic carbocycles. The van der Waals surface area contributed by atoms with Crippen molar-refractivity contribution in [3.8, 4) is 5.75 Å². The number of imidazole rings is 1. The number of hydrogen-bond acceptors (Lipinski definition) is 4. The van der Waals surface area contributed by atoms with Crippen LogP contribution in [0.25, 0.3) is 11.0 Å². The van der Waals surface area contributed by atoms with Crippen LogP contribution in [0, 0.1) is 27.7 Å². The van der Waals surface area contributed by atoms with E-state index in [0.717, 1.165) is 50.9 Å². The summed E-state index contributed by atoms with van der Waals surface area (Å²) < 4.78 is 5.50. The van der Waals surface area contributed by atoms with Gasteiger partial charge in [0.2, 0.25) is 0 Å². The lowest BCUT2D eigenvalue weighted by atomic mass is 9.99. The average molecular weight is 356 g/mol. The molecule has 2 heterocycles. The van der Waals surface area contributed by atoms with Gasteiger partial charge in [0, 0.05) is 23.1 Å². The van der Waals surface area contributed by atoms with Crippen molar-refractivity contribution in [1.82, 2.24) is 15.0 Å². The van der Waals surface area contributed by atoms with Crippen LogP contribution in [0.4, 0.5) is 0 Å². The fraction of sp³-hybridized carbons (Fsp3) is 0.400. The first-order chi connectivity index (χ1) is 12.0. The number of aromatic nitrogens is 3. The van der Waals surface area contributed by atoms with E-state index in [4.69, 9.17) is 9.72 Å². The summed E-state index contributed by atoms with van der Waals surface area (Å²) in [5.41, 5.74) is 9.41. The number of methoxy groups -OCH3 is 1. The summed E-state index contributed by atoms with van der Waals surface area (Å²) in [5.74, 6) is 1.69. The van der Waals surface area contributed by atoms with Gasteiger partial charge in [0.1, 0.15) is 5.75 Å². The lowest BCUT2D eigenvalue weighted by Gasteiger charge is -2.11. The van der Waals surface area contributed by atoms with Gasteiger partial charge in [-0.15, -0.1) is 0 Å². The highest BCUT2D eigenvalue weighted by atomic mass is 32.2. The Kier molecular flexibility index (Phi) is 5.04. The number of benzene rings is 1. The zero-order chi connectivity index (χ0) is 18.1. The number of thioether (sulfide) groups is 1. The fourth-order valence-corrected chi connectivity index (χ4v) is 4.36. The van der Waals surface area contributed by atoms with E-state index in [1.54, 1.807) is 18.9 Å². The zero-order valence-electron chi connectivity index (χ0n) is 15.8. The van der Waals surface area contributed by atoms with Crippen LogP contribution in [0.1, 0.15) is 40.4 Å². The molecule has 0 spiro atoms. The second-order valence-corrected chi connectivity index (χ2v) is 7.39. The van der Waals surface area contributed by atoms with E-state index in [0.29, 0.717) is 0 Å². The molecule has 2 aromatic heterocycles. The first kappa shape index (κ1) is 17.8. The molecule has 0 fully saturated rings. The number of aryl methyl sites for hydroxylation is 3. The Bertz CT molecular complexity index is 931. The molecule has 4 nitrogen and oxygen atoms in total. The van der Waals surface area contributed by atoms with Crippen molar-refractivity contribution in [2.24, 2.45) is 0 Å². The van der Waals surface area contributed by atoms with Gasteiger partial charge in [0.25, 0.3) is 0 Å². The SMILES string of the molecule is CCc1c(C)cc2[nH]c(SCc3ncc(C)c(OC)c3C)nc2c1C. The molecule has 0 atom stereocenters. The van der Waals surface area contributed by atoms with Gasteiger partial charge in [-0.25, -0.2) is 4.98 Å². The average Bonchev–Trinajstić information content (AvgIpc) is 2.98. The number of fused-ring (bicyclic) bond motifs is 1. The molecule has 1 aromatic carbocycles. The minimum Gasteiger partial charge on any atom is -0.496 e. The largest absolute Gasteiger partial charge is 0.496 e. The van der Waals surface area contributed by atoms with Crippen LogP contribution in [0.3, 0.4) is 0 Å². The van der Waals surface area contributed by atoms with E-state index < -0.39 is 0 Å². The van der Waals surface area contributed by atoms with Crippen LogP contribution in [-0.4, -0.2) is 22.1 Å². The summed E-state index contributed by atoms with van der Waals surface area (Å²) in [6.45, 7) is 10.6. The standard InChI is InChI=1S/C20H25N3OS/c1-7-15-11(2)8-16-18(13(15)4)23-20(22-16)25-10-17-14(5)19(24-6)12(3)9-21-17/h8-9H,7,10H2,1-6H3,(H,22,23). The second kappa shape index (κ2) is 7.08. The number of rotatable bonds is 5. The van der Waals surface area contributed by atoms with E-state index in [9.17, 15) is 0 Å². The minimum atomic E-state index is 0.765. The van der Waals surface area contributed by atoms with E-state index >= 15 is 0 Å². The van der Waals surface area contributed by atoms with Crippen molar-refractivity contribution >= 4 is 22.8 Å². The van der Waals surface area contributed by atoms with Gasteiger partial charge >= 0.3 is 0 Å². The number of H-pyrrole nitrogens is 1. The monoisotopic (exact) mass is 355 g/mol. The fourth-order valence-electron chi connectivity index (χ4n) is 3.46. The Morgan fingerprint density at radius 1 is 1.12 bits per heavy atom. The molecule has 0 aliphatic rings. The van der Waals surface area contributed by atoms with E-state index in [2.05, 4.69) is 43.7 Å². The number of pyridine rings is 1. The summed E-state index contributed by atoms with van der Waals surface area (Å²) in [6.07, 6.45) is 2.91. The maximum Gasteiger partial charge on any atom is 0.166 e. The van der Waals surface area contributed by atoms with E-state index in [1.165, 1.54) is 16.7 Å². The molecule has 132 valence electrons. The Morgan fingerprint density at radius 3 is 2.56 bits per heavy atom. The molecule has 0 aliphatic heterocycles.